The highest BCUT2D eigenvalue weighted by Gasteiger charge is 2.28. The Balaban J connectivity index is 1.82. The van der Waals surface area contributed by atoms with Gasteiger partial charge >= 0.3 is 0 Å². The van der Waals surface area contributed by atoms with Crippen molar-refractivity contribution >= 4 is 0 Å². The molecule has 1 N–H and O–H groups in total. The summed E-state index contributed by atoms with van der Waals surface area (Å²) in [6.07, 6.45) is 10.7. The first kappa shape index (κ1) is 13.6. The van der Waals surface area contributed by atoms with Crippen molar-refractivity contribution in [3.05, 3.63) is 18.7 Å². The van der Waals surface area contributed by atoms with E-state index in [0.717, 1.165) is 13.0 Å². The van der Waals surface area contributed by atoms with E-state index in [1.54, 1.807) is 7.11 Å². The number of imidazole rings is 1. The first-order chi connectivity index (χ1) is 8.62. The predicted octanol–water partition coefficient (Wildman–Crippen LogP) is 2.38. The summed E-state index contributed by atoms with van der Waals surface area (Å²) in [7, 11) is 1.78. The molecule has 1 aliphatic rings. The van der Waals surface area contributed by atoms with Gasteiger partial charge in [-0.2, -0.15) is 0 Å². The smallest absolute Gasteiger partial charge is 0.0949 e. The van der Waals surface area contributed by atoms with Crippen molar-refractivity contribution in [2.24, 2.45) is 0 Å². The van der Waals surface area contributed by atoms with Crippen molar-refractivity contribution in [1.82, 2.24) is 14.9 Å². The minimum absolute atomic E-state index is 0.0316. The van der Waals surface area contributed by atoms with Gasteiger partial charge in [-0.3, -0.25) is 0 Å². The third-order valence-electron chi connectivity index (χ3n) is 4.07. The second-order valence-corrected chi connectivity index (χ2v) is 5.78. The average molecular weight is 251 g/mol. The lowest BCUT2D eigenvalue weighted by Crippen LogP contribution is -2.37. The van der Waals surface area contributed by atoms with Gasteiger partial charge in [0.1, 0.15) is 0 Å². The lowest BCUT2D eigenvalue weighted by molar-refractivity contribution is 0.0151. The maximum absolute atomic E-state index is 5.45. The summed E-state index contributed by atoms with van der Waals surface area (Å²) in [6, 6.07) is 1.14. The molecule has 0 aliphatic heterocycles. The largest absolute Gasteiger partial charge is 0.379 e. The van der Waals surface area contributed by atoms with E-state index in [4.69, 9.17) is 4.74 Å². The fourth-order valence-electron chi connectivity index (χ4n) is 2.66. The summed E-state index contributed by atoms with van der Waals surface area (Å²) in [5.74, 6) is 0. The summed E-state index contributed by atoms with van der Waals surface area (Å²) < 4.78 is 7.69. The quantitative estimate of drug-likeness (QED) is 0.843. The molecule has 102 valence electrons. The van der Waals surface area contributed by atoms with Crippen molar-refractivity contribution in [1.29, 1.82) is 0 Å². The molecule has 1 aromatic rings. The Morgan fingerprint density at radius 3 is 2.94 bits per heavy atom. The molecule has 1 fully saturated rings. The van der Waals surface area contributed by atoms with Crippen LogP contribution in [0.15, 0.2) is 18.7 Å². The van der Waals surface area contributed by atoms with Gasteiger partial charge in [0, 0.05) is 31.6 Å². The molecule has 4 heteroatoms. The van der Waals surface area contributed by atoms with Gasteiger partial charge in [-0.25, -0.2) is 4.98 Å². The zero-order valence-corrected chi connectivity index (χ0v) is 11.7. The lowest BCUT2D eigenvalue weighted by atomic mass is 10.0. The van der Waals surface area contributed by atoms with Gasteiger partial charge in [0.15, 0.2) is 0 Å². The minimum Gasteiger partial charge on any atom is -0.379 e. The Bertz CT molecular complexity index is 348. The van der Waals surface area contributed by atoms with Gasteiger partial charge in [0.05, 0.1) is 11.9 Å². The molecule has 18 heavy (non-hydrogen) atoms. The predicted molar refractivity (Wildman–Crippen MR) is 72.6 cm³/mol. The van der Waals surface area contributed by atoms with Gasteiger partial charge in [0.2, 0.25) is 0 Å². The van der Waals surface area contributed by atoms with Crippen LogP contribution in [0.2, 0.25) is 0 Å². The highest BCUT2D eigenvalue weighted by Crippen LogP contribution is 2.30. The maximum Gasteiger partial charge on any atom is 0.0949 e. The number of ether oxygens (including phenoxy) is 1. The molecule has 0 saturated heterocycles. The molecule has 2 atom stereocenters. The van der Waals surface area contributed by atoms with Gasteiger partial charge in [-0.15, -0.1) is 0 Å². The monoisotopic (exact) mass is 251 g/mol. The van der Waals surface area contributed by atoms with Crippen LogP contribution in [-0.4, -0.2) is 34.8 Å². The van der Waals surface area contributed by atoms with E-state index in [-0.39, 0.29) is 5.60 Å². The van der Waals surface area contributed by atoms with E-state index >= 15 is 0 Å². The zero-order chi connectivity index (χ0) is 13.0. The van der Waals surface area contributed by atoms with Crippen LogP contribution in [0.1, 0.15) is 45.6 Å². The summed E-state index contributed by atoms with van der Waals surface area (Å²) >= 11 is 0. The van der Waals surface area contributed by atoms with Crippen LogP contribution in [0.25, 0.3) is 0 Å². The molecule has 1 aliphatic carbocycles. The van der Waals surface area contributed by atoms with Crippen molar-refractivity contribution in [3.63, 3.8) is 0 Å². The highest BCUT2D eigenvalue weighted by atomic mass is 16.5. The van der Waals surface area contributed by atoms with Crippen LogP contribution >= 0.6 is 0 Å². The normalized spacial score (nSPS) is 24.6. The van der Waals surface area contributed by atoms with Crippen LogP contribution in [0, 0.1) is 0 Å². The van der Waals surface area contributed by atoms with E-state index in [9.17, 15) is 0 Å². The van der Waals surface area contributed by atoms with Crippen LogP contribution in [0.4, 0.5) is 0 Å². The molecule has 2 rings (SSSR count). The number of methoxy groups -OCH3 is 1. The summed E-state index contributed by atoms with van der Waals surface area (Å²) in [6.45, 7) is 5.28. The number of rotatable bonds is 6. The second-order valence-electron chi connectivity index (χ2n) is 5.78. The van der Waals surface area contributed by atoms with E-state index < -0.39 is 0 Å². The molecule has 4 nitrogen and oxygen atoms in total. The molecule has 0 aromatic carbocycles. The van der Waals surface area contributed by atoms with E-state index in [1.165, 1.54) is 19.3 Å². The van der Waals surface area contributed by atoms with Crippen LogP contribution in [-0.2, 0) is 4.74 Å². The third-order valence-corrected chi connectivity index (χ3v) is 4.07. The van der Waals surface area contributed by atoms with Gasteiger partial charge in [0.25, 0.3) is 0 Å². The van der Waals surface area contributed by atoms with E-state index in [2.05, 4.69) is 34.9 Å². The second kappa shape index (κ2) is 5.85. The molecule has 1 heterocycles. The van der Waals surface area contributed by atoms with Crippen molar-refractivity contribution in [3.8, 4) is 0 Å². The summed E-state index contributed by atoms with van der Waals surface area (Å²) in [5, 5.41) is 3.68. The van der Waals surface area contributed by atoms with Gasteiger partial charge in [-0.1, -0.05) is 0 Å². The minimum atomic E-state index is -0.0316. The molecule has 1 saturated carbocycles. The Labute approximate surface area is 110 Å². The number of hydrogen-bond acceptors (Lipinski definition) is 3. The topological polar surface area (TPSA) is 39.1 Å². The molecular formula is C14H25N3O. The molecule has 0 bridgehead atoms. The maximum atomic E-state index is 5.45. The lowest BCUT2D eigenvalue weighted by Gasteiger charge is -2.26. The molecule has 0 amide bonds. The first-order valence-corrected chi connectivity index (χ1v) is 6.88. The number of nitrogens with zero attached hydrogens (tertiary/aromatic N) is 2. The van der Waals surface area contributed by atoms with Crippen molar-refractivity contribution in [2.75, 3.05) is 13.7 Å². The van der Waals surface area contributed by atoms with Gasteiger partial charge < -0.3 is 14.6 Å². The summed E-state index contributed by atoms with van der Waals surface area (Å²) in [5.41, 5.74) is -0.0316. The Kier molecular flexibility index (Phi) is 4.40. The fourth-order valence-corrected chi connectivity index (χ4v) is 2.66. The number of hydrogen-bond donors (Lipinski definition) is 1. The van der Waals surface area contributed by atoms with E-state index in [1.807, 2.05) is 12.5 Å². The van der Waals surface area contributed by atoms with Crippen LogP contribution < -0.4 is 5.32 Å². The fraction of sp³-hybridized carbons (Fsp3) is 0.786. The Morgan fingerprint density at radius 2 is 2.28 bits per heavy atom. The number of nitrogens with one attached hydrogen (secondary N) is 1. The third kappa shape index (κ3) is 3.33. The summed E-state index contributed by atoms with van der Waals surface area (Å²) in [4.78, 5) is 4.15. The van der Waals surface area contributed by atoms with Crippen LogP contribution in [0.3, 0.4) is 0 Å². The number of aromatic nitrogens is 2. The van der Waals surface area contributed by atoms with E-state index in [0.29, 0.717) is 12.1 Å². The molecule has 1 aromatic heterocycles. The van der Waals surface area contributed by atoms with Crippen LogP contribution in [0.5, 0.6) is 0 Å². The average Bonchev–Trinajstić information content (AvgIpc) is 2.98. The van der Waals surface area contributed by atoms with Gasteiger partial charge in [-0.05, 0) is 46.1 Å². The highest BCUT2D eigenvalue weighted by molar-refractivity contribution is 4.92. The molecular weight excluding hydrogens is 226 g/mol. The molecule has 0 radical (unpaired) electrons. The zero-order valence-electron chi connectivity index (χ0n) is 11.7. The van der Waals surface area contributed by atoms with Crippen molar-refractivity contribution in [2.45, 2.75) is 57.2 Å². The van der Waals surface area contributed by atoms with Crippen molar-refractivity contribution < 1.29 is 4.74 Å². The Hall–Kier alpha value is -0.870. The molecule has 2 unspecified atom stereocenters. The molecule has 0 spiro atoms. The Morgan fingerprint density at radius 1 is 1.44 bits per heavy atom. The standard InChI is InChI=1S/C14H25N3O/c1-14(2,18-3)7-8-16-12-5-4-6-13(12)17-10-9-15-11-17/h9-13,16H,4-8H2,1-3H3. The SMILES string of the molecule is COC(C)(C)CCNC1CCCC1n1ccnc1. The first-order valence-electron chi connectivity index (χ1n) is 6.88.